The van der Waals surface area contributed by atoms with Gasteiger partial charge in [-0.05, 0) is 44.0 Å². The average molecular weight is 374 g/mol. The number of nitrogens with zero attached hydrogens (tertiary/aromatic N) is 1. The minimum atomic E-state index is -0.864. The van der Waals surface area contributed by atoms with Crippen LogP contribution in [0, 0.1) is 0 Å². The maximum atomic E-state index is 12.6. The molecular weight excluding hydrogens is 352 g/mol. The molecular formula is C19H22N2O6. The fraction of sp³-hybridized carbons (Fsp3) is 0.474. The fourth-order valence-corrected chi connectivity index (χ4v) is 3.48. The summed E-state index contributed by atoms with van der Waals surface area (Å²) >= 11 is 0. The van der Waals surface area contributed by atoms with Gasteiger partial charge in [-0.15, -0.1) is 0 Å². The van der Waals surface area contributed by atoms with E-state index in [9.17, 15) is 19.2 Å². The first-order chi connectivity index (χ1) is 12.9. The van der Waals surface area contributed by atoms with Crippen LogP contribution < -0.4 is 10.1 Å². The zero-order chi connectivity index (χ0) is 19.4. The monoisotopic (exact) mass is 374 g/mol. The molecule has 27 heavy (non-hydrogen) atoms. The zero-order valence-corrected chi connectivity index (χ0v) is 15.2. The quantitative estimate of drug-likeness (QED) is 0.481. The molecule has 8 nitrogen and oxygen atoms in total. The second kappa shape index (κ2) is 7.77. The number of rotatable bonds is 5. The van der Waals surface area contributed by atoms with Crippen molar-refractivity contribution < 1.29 is 28.7 Å². The van der Waals surface area contributed by atoms with E-state index in [0.717, 1.165) is 24.2 Å². The van der Waals surface area contributed by atoms with Crippen LogP contribution in [0.5, 0.6) is 5.75 Å². The number of benzene rings is 1. The number of hydrogen-bond donors (Lipinski definition) is 1. The molecule has 1 saturated heterocycles. The van der Waals surface area contributed by atoms with E-state index in [4.69, 9.17) is 9.47 Å². The summed E-state index contributed by atoms with van der Waals surface area (Å²) in [6, 6.07) is 5.31. The molecule has 3 rings (SSSR count). The van der Waals surface area contributed by atoms with Crippen molar-refractivity contribution in [3.05, 3.63) is 29.8 Å². The molecule has 1 aromatic rings. The Labute approximate surface area is 156 Å². The van der Waals surface area contributed by atoms with Crippen LogP contribution in [-0.2, 0) is 14.3 Å². The van der Waals surface area contributed by atoms with Crippen molar-refractivity contribution in [2.75, 3.05) is 13.2 Å². The Morgan fingerprint density at radius 3 is 2.41 bits per heavy atom. The lowest BCUT2D eigenvalue weighted by Crippen LogP contribution is -2.48. The lowest BCUT2D eigenvalue weighted by Gasteiger charge is -2.30. The largest absolute Gasteiger partial charge is 0.462 e. The fourth-order valence-electron chi connectivity index (χ4n) is 3.48. The Balaban J connectivity index is 1.60. The van der Waals surface area contributed by atoms with Crippen LogP contribution in [0.15, 0.2) is 24.3 Å². The molecule has 144 valence electrons. The third-order valence-electron chi connectivity index (χ3n) is 4.84. The molecule has 1 heterocycles. The number of ether oxygens (including phenoxy) is 2. The van der Waals surface area contributed by atoms with Gasteiger partial charge in [0.05, 0.1) is 12.2 Å². The number of nitrogens with one attached hydrogen (secondary N) is 1. The van der Waals surface area contributed by atoms with E-state index in [-0.39, 0.29) is 18.3 Å². The highest BCUT2D eigenvalue weighted by Gasteiger charge is 2.51. The summed E-state index contributed by atoms with van der Waals surface area (Å²) in [6.45, 7) is 1.52. The topological polar surface area (TPSA) is 102 Å². The lowest BCUT2D eigenvalue weighted by atomic mass is 9.82. The van der Waals surface area contributed by atoms with Crippen molar-refractivity contribution in [1.29, 1.82) is 0 Å². The highest BCUT2D eigenvalue weighted by Crippen LogP contribution is 2.33. The van der Waals surface area contributed by atoms with Crippen LogP contribution in [0.2, 0.25) is 0 Å². The van der Waals surface area contributed by atoms with Gasteiger partial charge in [0.2, 0.25) is 0 Å². The Hall–Kier alpha value is -2.90. The Morgan fingerprint density at radius 1 is 1.11 bits per heavy atom. The minimum absolute atomic E-state index is 0.215. The van der Waals surface area contributed by atoms with Crippen molar-refractivity contribution in [2.45, 2.75) is 44.6 Å². The van der Waals surface area contributed by atoms with Gasteiger partial charge in [-0.3, -0.25) is 9.69 Å². The molecule has 0 atom stereocenters. The first-order valence-electron chi connectivity index (χ1n) is 9.07. The lowest BCUT2D eigenvalue weighted by molar-refractivity contribution is -0.141. The number of carbonyl (C=O) groups excluding carboxylic acids is 4. The zero-order valence-electron chi connectivity index (χ0n) is 15.2. The Morgan fingerprint density at radius 2 is 1.78 bits per heavy atom. The number of imide groups is 1. The number of urea groups is 1. The molecule has 1 N–H and O–H groups in total. The predicted molar refractivity (Wildman–Crippen MR) is 94.1 cm³/mol. The van der Waals surface area contributed by atoms with Gasteiger partial charge in [-0.1, -0.05) is 19.3 Å². The third kappa shape index (κ3) is 3.94. The van der Waals surface area contributed by atoms with Gasteiger partial charge in [-0.2, -0.15) is 0 Å². The van der Waals surface area contributed by atoms with Crippen molar-refractivity contribution in [2.24, 2.45) is 0 Å². The summed E-state index contributed by atoms with van der Waals surface area (Å²) in [5.41, 5.74) is -0.526. The third-order valence-corrected chi connectivity index (χ3v) is 4.84. The standard InChI is InChI=1S/C19H22N2O6/c1-2-26-16(23)13-6-8-14(9-7-13)27-15(22)12-21-17(24)19(20-18(21)25)10-4-3-5-11-19/h6-9H,2-5,10-12H2,1H3,(H,20,25). The molecule has 1 aromatic carbocycles. The average Bonchev–Trinajstić information content (AvgIpc) is 2.87. The van der Waals surface area contributed by atoms with Gasteiger partial charge in [0, 0.05) is 0 Å². The van der Waals surface area contributed by atoms with E-state index >= 15 is 0 Å². The molecule has 0 aromatic heterocycles. The normalized spacial score (nSPS) is 18.3. The summed E-state index contributed by atoms with van der Waals surface area (Å²) in [7, 11) is 0. The van der Waals surface area contributed by atoms with Crippen molar-refractivity contribution in [3.8, 4) is 5.75 Å². The number of carbonyl (C=O) groups is 4. The predicted octanol–water partition coefficient (Wildman–Crippen LogP) is 2.02. The number of hydrogen-bond acceptors (Lipinski definition) is 6. The summed E-state index contributed by atoms with van der Waals surface area (Å²) in [6.07, 6.45) is 3.97. The van der Waals surface area contributed by atoms with E-state index < -0.39 is 30.1 Å². The molecule has 0 radical (unpaired) electrons. The van der Waals surface area contributed by atoms with E-state index in [1.807, 2.05) is 0 Å². The van der Waals surface area contributed by atoms with Crippen molar-refractivity contribution in [3.63, 3.8) is 0 Å². The Kier molecular flexibility index (Phi) is 5.43. The van der Waals surface area contributed by atoms with Crippen LogP contribution >= 0.6 is 0 Å². The van der Waals surface area contributed by atoms with E-state index in [1.165, 1.54) is 24.3 Å². The smallest absolute Gasteiger partial charge is 0.338 e. The van der Waals surface area contributed by atoms with Crippen molar-refractivity contribution in [1.82, 2.24) is 10.2 Å². The molecule has 2 fully saturated rings. The first kappa shape index (κ1) is 18.9. The van der Waals surface area contributed by atoms with Gasteiger partial charge < -0.3 is 14.8 Å². The molecule has 1 saturated carbocycles. The molecule has 1 aliphatic heterocycles. The molecule has 0 unspecified atom stereocenters. The molecule has 0 bridgehead atoms. The van der Waals surface area contributed by atoms with Gasteiger partial charge in [0.25, 0.3) is 5.91 Å². The second-order valence-corrected chi connectivity index (χ2v) is 6.68. The van der Waals surface area contributed by atoms with Crippen LogP contribution in [0.3, 0.4) is 0 Å². The maximum absolute atomic E-state index is 12.6. The number of esters is 2. The number of amides is 3. The Bertz CT molecular complexity index is 752. The summed E-state index contributed by atoms with van der Waals surface area (Å²) < 4.78 is 10.1. The highest BCUT2D eigenvalue weighted by molar-refractivity contribution is 6.08. The van der Waals surface area contributed by atoms with Crippen LogP contribution in [0.1, 0.15) is 49.4 Å². The first-order valence-corrected chi connectivity index (χ1v) is 9.07. The van der Waals surface area contributed by atoms with Gasteiger partial charge in [-0.25, -0.2) is 14.4 Å². The van der Waals surface area contributed by atoms with Gasteiger partial charge in [0.15, 0.2) is 0 Å². The second-order valence-electron chi connectivity index (χ2n) is 6.68. The molecule has 8 heteroatoms. The molecule has 1 spiro atoms. The minimum Gasteiger partial charge on any atom is -0.462 e. The molecule has 2 aliphatic rings. The van der Waals surface area contributed by atoms with Crippen LogP contribution in [0.4, 0.5) is 4.79 Å². The van der Waals surface area contributed by atoms with Gasteiger partial charge in [0.1, 0.15) is 17.8 Å². The van der Waals surface area contributed by atoms with E-state index in [2.05, 4.69) is 5.32 Å². The molecule has 3 amide bonds. The summed E-state index contributed by atoms with van der Waals surface area (Å²) in [4.78, 5) is 49.5. The van der Waals surface area contributed by atoms with Gasteiger partial charge >= 0.3 is 18.0 Å². The maximum Gasteiger partial charge on any atom is 0.338 e. The van der Waals surface area contributed by atoms with Crippen LogP contribution in [0.25, 0.3) is 0 Å². The van der Waals surface area contributed by atoms with E-state index in [1.54, 1.807) is 6.92 Å². The van der Waals surface area contributed by atoms with Crippen LogP contribution in [-0.4, -0.2) is 47.5 Å². The van der Waals surface area contributed by atoms with Crippen molar-refractivity contribution >= 4 is 23.9 Å². The van der Waals surface area contributed by atoms with E-state index in [0.29, 0.717) is 18.4 Å². The summed E-state index contributed by atoms with van der Waals surface area (Å²) in [5.74, 6) is -1.34. The highest BCUT2D eigenvalue weighted by atomic mass is 16.5. The summed E-state index contributed by atoms with van der Waals surface area (Å²) in [5, 5.41) is 2.75. The molecule has 1 aliphatic carbocycles. The SMILES string of the molecule is CCOC(=O)c1ccc(OC(=O)CN2C(=O)NC3(CCCCC3)C2=O)cc1.